The number of hydrogen-bond donors (Lipinski definition) is 1. The summed E-state index contributed by atoms with van der Waals surface area (Å²) in [5.41, 5.74) is 5.15. The first kappa shape index (κ1) is 18.8. The summed E-state index contributed by atoms with van der Waals surface area (Å²) in [6.45, 7) is 4.14. The Hall–Kier alpha value is -2.57. The van der Waals surface area contributed by atoms with E-state index in [0.717, 1.165) is 32.8 Å². The van der Waals surface area contributed by atoms with Crippen molar-refractivity contribution in [2.45, 2.75) is 13.8 Å². The number of aryl methyl sites for hydroxylation is 1. The molecule has 3 aromatic rings. The van der Waals surface area contributed by atoms with E-state index >= 15 is 0 Å². The fraction of sp³-hybridized carbons (Fsp3) is 0.0909. The molecule has 0 aliphatic carbocycles. The molecule has 1 aliphatic heterocycles. The van der Waals surface area contributed by atoms with Crippen molar-refractivity contribution in [2.75, 3.05) is 0 Å². The second kappa shape index (κ2) is 7.81. The summed E-state index contributed by atoms with van der Waals surface area (Å²) < 4.78 is 3.24. The van der Waals surface area contributed by atoms with Gasteiger partial charge < -0.3 is 9.88 Å². The van der Waals surface area contributed by atoms with Crippen molar-refractivity contribution in [3.05, 3.63) is 87.0 Å². The Morgan fingerprint density at radius 2 is 1.79 bits per heavy atom. The third-order valence-corrected chi connectivity index (χ3v) is 5.92. The monoisotopic (exact) mass is 451 g/mol. The number of thioether (sulfide) groups is 1. The Bertz CT molecular complexity index is 1100. The van der Waals surface area contributed by atoms with Crippen LogP contribution in [0.1, 0.15) is 17.0 Å². The maximum Gasteiger partial charge on any atom is 0.264 e. The van der Waals surface area contributed by atoms with Gasteiger partial charge in [0.2, 0.25) is 0 Å². The van der Waals surface area contributed by atoms with Gasteiger partial charge in [0.25, 0.3) is 5.91 Å². The smallest absolute Gasteiger partial charge is 0.264 e. The molecule has 1 aromatic heterocycles. The summed E-state index contributed by atoms with van der Waals surface area (Å²) in [6, 6.07) is 19.9. The minimum absolute atomic E-state index is 0.117. The molecule has 1 amide bonds. The predicted octanol–water partition coefficient (Wildman–Crippen LogP) is 5.75. The van der Waals surface area contributed by atoms with E-state index < -0.39 is 0 Å². The molecule has 0 radical (unpaired) electrons. The van der Waals surface area contributed by atoms with E-state index in [4.69, 9.17) is 0 Å². The van der Waals surface area contributed by atoms with Gasteiger partial charge in [0.1, 0.15) is 0 Å². The second-order valence-corrected chi connectivity index (χ2v) is 8.40. The third-order valence-electron chi connectivity index (χ3n) is 4.48. The largest absolute Gasteiger partial charge is 0.318 e. The highest BCUT2D eigenvalue weighted by molar-refractivity contribution is 9.10. The highest BCUT2D eigenvalue weighted by Crippen LogP contribution is 2.30. The van der Waals surface area contributed by atoms with Crippen molar-refractivity contribution in [3.8, 4) is 5.69 Å². The van der Waals surface area contributed by atoms with Crippen molar-refractivity contribution in [3.63, 3.8) is 0 Å². The van der Waals surface area contributed by atoms with Crippen LogP contribution >= 0.6 is 27.7 Å². The zero-order chi connectivity index (χ0) is 19.7. The number of hydrogen-bond acceptors (Lipinski definition) is 3. The van der Waals surface area contributed by atoms with Crippen LogP contribution in [0.4, 0.5) is 5.69 Å². The van der Waals surface area contributed by atoms with Crippen LogP contribution in [0, 0.1) is 13.8 Å². The van der Waals surface area contributed by atoms with E-state index in [-0.39, 0.29) is 5.91 Å². The lowest BCUT2D eigenvalue weighted by Crippen LogP contribution is -2.19. The SMILES string of the molecule is Cc1cc(C=C2SC(=Nc3ccccc3)NC2=O)c(C)n1-c1ccc(Br)cc1. The fourth-order valence-electron chi connectivity index (χ4n) is 3.16. The number of para-hydroxylation sites is 1. The Balaban J connectivity index is 1.64. The molecule has 4 nitrogen and oxygen atoms in total. The zero-order valence-electron chi connectivity index (χ0n) is 15.4. The number of aromatic nitrogens is 1. The van der Waals surface area contributed by atoms with Crippen molar-refractivity contribution < 1.29 is 4.79 Å². The summed E-state index contributed by atoms with van der Waals surface area (Å²) in [7, 11) is 0. The quantitative estimate of drug-likeness (QED) is 0.515. The molecular formula is C22H18BrN3OS. The molecule has 1 saturated heterocycles. The number of amidine groups is 1. The second-order valence-electron chi connectivity index (χ2n) is 6.46. The van der Waals surface area contributed by atoms with Gasteiger partial charge in [-0.3, -0.25) is 4.79 Å². The minimum Gasteiger partial charge on any atom is -0.318 e. The molecule has 1 aliphatic rings. The molecule has 6 heteroatoms. The Kier molecular flexibility index (Phi) is 5.24. The van der Waals surface area contributed by atoms with Crippen molar-refractivity contribution in [2.24, 2.45) is 4.99 Å². The van der Waals surface area contributed by atoms with E-state index in [1.807, 2.05) is 48.5 Å². The first-order valence-corrected chi connectivity index (χ1v) is 10.4. The molecule has 0 atom stereocenters. The van der Waals surface area contributed by atoms with Gasteiger partial charge in [-0.05, 0) is 79.7 Å². The van der Waals surface area contributed by atoms with Crippen LogP contribution in [0.5, 0.6) is 0 Å². The highest BCUT2D eigenvalue weighted by atomic mass is 79.9. The van der Waals surface area contributed by atoms with Gasteiger partial charge in [-0.2, -0.15) is 0 Å². The summed E-state index contributed by atoms with van der Waals surface area (Å²) in [5, 5.41) is 3.45. The van der Waals surface area contributed by atoms with Gasteiger partial charge in [0.15, 0.2) is 5.17 Å². The number of halogens is 1. The number of aliphatic imine (C=N–C) groups is 1. The number of nitrogens with one attached hydrogen (secondary N) is 1. The van der Waals surface area contributed by atoms with E-state index in [1.54, 1.807) is 0 Å². The van der Waals surface area contributed by atoms with Crippen LogP contribution in [-0.2, 0) is 4.79 Å². The average Bonchev–Trinajstić information content (AvgIpc) is 3.16. The van der Waals surface area contributed by atoms with E-state index in [9.17, 15) is 4.79 Å². The maximum absolute atomic E-state index is 12.4. The van der Waals surface area contributed by atoms with Crippen LogP contribution < -0.4 is 5.32 Å². The summed E-state index contributed by atoms with van der Waals surface area (Å²) >= 11 is 4.84. The van der Waals surface area contributed by atoms with Gasteiger partial charge in [-0.15, -0.1) is 0 Å². The standard InChI is InChI=1S/C22H18BrN3OS/c1-14-12-16(15(2)26(14)19-10-8-17(23)9-11-19)13-20-21(27)25-22(28-20)24-18-6-4-3-5-7-18/h3-13H,1-2H3,(H,24,25,27). The highest BCUT2D eigenvalue weighted by Gasteiger charge is 2.24. The molecule has 2 heterocycles. The molecular weight excluding hydrogens is 434 g/mol. The van der Waals surface area contributed by atoms with Gasteiger partial charge in [-0.1, -0.05) is 34.1 Å². The minimum atomic E-state index is -0.117. The van der Waals surface area contributed by atoms with E-state index in [0.29, 0.717) is 10.1 Å². The molecule has 140 valence electrons. The van der Waals surface area contributed by atoms with Crippen LogP contribution in [0.15, 0.2) is 75.0 Å². The lowest BCUT2D eigenvalue weighted by Gasteiger charge is -2.09. The van der Waals surface area contributed by atoms with Crippen LogP contribution in [-0.4, -0.2) is 15.6 Å². The average molecular weight is 452 g/mol. The first-order valence-electron chi connectivity index (χ1n) is 8.81. The van der Waals surface area contributed by atoms with Gasteiger partial charge >= 0.3 is 0 Å². The Labute approximate surface area is 176 Å². The summed E-state index contributed by atoms with van der Waals surface area (Å²) in [4.78, 5) is 17.5. The number of amides is 1. The molecule has 28 heavy (non-hydrogen) atoms. The van der Waals surface area contributed by atoms with Crippen LogP contribution in [0.25, 0.3) is 11.8 Å². The molecule has 0 bridgehead atoms. The Morgan fingerprint density at radius 1 is 1.07 bits per heavy atom. The normalized spacial score (nSPS) is 16.8. The van der Waals surface area contributed by atoms with E-state index in [1.165, 1.54) is 11.8 Å². The zero-order valence-corrected chi connectivity index (χ0v) is 17.8. The first-order chi connectivity index (χ1) is 13.5. The number of benzene rings is 2. The molecule has 1 fully saturated rings. The third kappa shape index (κ3) is 3.84. The number of carbonyl (C=O) groups is 1. The maximum atomic E-state index is 12.4. The lowest BCUT2D eigenvalue weighted by molar-refractivity contribution is -0.115. The molecule has 0 saturated carbocycles. The summed E-state index contributed by atoms with van der Waals surface area (Å²) in [6.07, 6.45) is 1.94. The molecule has 0 spiro atoms. The van der Waals surface area contributed by atoms with Crippen LogP contribution in [0.3, 0.4) is 0 Å². The van der Waals surface area contributed by atoms with Gasteiger partial charge in [0.05, 0.1) is 10.6 Å². The van der Waals surface area contributed by atoms with Crippen LogP contribution in [0.2, 0.25) is 0 Å². The number of nitrogens with zero attached hydrogens (tertiary/aromatic N) is 2. The topological polar surface area (TPSA) is 46.4 Å². The molecule has 0 unspecified atom stereocenters. The van der Waals surface area contributed by atoms with Crippen molar-refractivity contribution in [1.82, 2.24) is 9.88 Å². The lowest BCUT2D eigenvalue weighted by atomic mass is 10.2. The van der Waals surface area contributed by atoms with Gasteiger partial charge in [-0.25, -0.2) is 4.99 Å². The molecule has 4 rings (SSSR count). The number of rotatable bonds is 3. The summed E-state index contributed by atoms with van der Waals surface area (Å²) in [5.74, 6) is -0.117. The number of carbonyl (C=O) groups excluding carboxylic acids is 1. The van der Waals surface area contributed by atoms with Crippen molar-refractivity contribution in [1.29, 1.82) is 0 Å². The van der Waals surface area contributed by atoms with Crippen molar-refractivity contribution >= 4 is 50.5 Å². The van der Waals surface area contributed by atoms with E-state index in [2.05, 4.69) is 62.9 Å². The van der Waals surface area contributed by atoms with Gasteiger partial charge in [0, 0.05) is 21.5 Å². The fourth-order valence-corrected chi connectivity index (χ4v) is 4.26. The predicted molar refractivity (Wildman–Crippen MR) is 120 cm³/mol. The molecule has 1 N–H and O–H groups in total. The Morgan fingerprint density at radius 3 is 2.50 bits per heavy atom. The molecule has 2 aromatic carbocycles.